The maximum absolute atomic E-state index is 9.27. The summed E-state index contributed by atoms with van der Waals surface area (Å²) in [5, 5.41) is 16.1. The molecule has 0 saturated carbocycles. The van der Waals surface area contributed by atoms with Crippen LogP contribution < -0.4 is 0 Å². The standard InChI is InChI=1S/C10H10N2O/c1-7-6-11-12-10(7)8-3-2-4-9(13)5-8/h2-6,13H,1H3,(H,11,12). The number of H-pyrrole nitrogens is 1. The van der Waals surface area contributed by atoms with E-state index in [9.17, 15) is 5.11 Å². The first-order valence-electron chi connectivity index (χ1n) is 4.07. The molecule has 0 radical (unpaired) electrons. The van der Waals surface area contributed by atoms with E-state index in [0.29, 0.717) is 0 Å². The van der Waals surface area contributed by atoms with Gasteiger partial charge >= 0.3 is 0 Å². The average Bonchev–Trinajstić information content (AvgIpc) is 2.51. The zero-order chi connectivity index (χ0) is 9.26. The van der Waals surface area contributed by atoms with E-state index >= 15 is 0 Å². The molecule has 1 aromatic heterocycles. The van der Waals surface area contributed by atoms with Gasteiger partial charge in [-0.05, 0) is 24.6 Å². The number of benzene rings is 1. The molecular weight excluding hydrogens is 164 g/mol. The van der Waals surface area contributed by atoms with Crippen molar-refractivity contribution < 1.29 is 5.11 Å². The highest BCUT2D eigenvalue weighted by atomic mass is 16.3. The summed E-state index contributed by atoms with van der Waals surface area (Å²) in [5.41, 5.74) is 2.98. The molecule has 1 aromatic carbocycles. The normalized spacial score (nSPS) is 10.2. The molecule has 0 bridgehead atoms. The van der Waals surface area contributed by atoms with E-state index < -0.39 is 0 Å². The fourth-order valence-corrected chi connectivity index (χ4v) is 1.30. The molecule has 66 valence electrons. The number of rotatable bonds is 1. The molecule has 1 heterocycles. The largest absolute Gasteiger partial charge is 0.508 e. The zero-order valence-electron chi connectivity index (χ0n) is 7.28. The van der Waals surface area contributed by atoms with Crippen LogP contribution in [0, 0.1) is 6.92 Å². The maximum atomic E-state index is 9.27. The average molecular weight is 174 g/mol. The Morgan fingerprint density at radius 1 is 1.38 bits per heavy atom. The number of aromatic hydroxyl groups is 1. The van der Waals surface area contributed by atoms with Gasteiger partial charge in [0.05, 0.1) is 11.9 Å². The van der Waals surface area contributed by atoms with Crippen molar-refractivity contribution in [2.45, 2.75) is 6.92 Å². The molecule has 0 saturated heterocycles. The van der Waals surface area contributed by atoms with E-state index in [4.69, 9.17) is 0 Å². The van der Waals surface area contributed by atoms with Crippen molar-refractivity contribution in [3.63, 3.8) is 0 Å². The molecule has 3 heteroatoms. The number of aromatic amines is 1. The third-order valence-electron chi connectivity index (χ3n) is 1.96. The summed E-state index contributed by atoms with van der Waals surface area (Å²) in [5.74, 6) is 0.270. The van der Waals surface area contributed by atoms with Crippen molar-refractivity contribution in [1.29, 1.82) is 0 Å². The van der Waals surface area contributed by atoms with Gasteiger partial charge in [0.2, 0.25) is 0 Å². The number of phenols is 1. The van der Waals surface area contributed by atoms with Gasteiger partial charge in [-0.1, -0.05) is 12.1 Å². The Kier molecular flexibility index (Phi) is 1.77. The third kappa shape index (κ3) is 1.40. The van der Waals surface area contributed by atoms with Crippen LogP contribution in [0.5, 0.6) is 5.75 Å². The second kappa shape index (κ2) is 2.94. The fourth-order valence-electron chi connectivity index (χ4n) is 1.30. The lowest BCUT2D eigenvalue weighted by Gasteiger charge is -1.99. The minimum Gasteiger partial charge on any atom is -0.508 e. The summed E-state index contributed by atoms with van der Waals surface area (Å²) in [4.78, 5) is 0. The Labute approximate surface area is 76.0 Å². The molecular formula is C10H10N2O. The Balaban J connectivity index is 2.53. The summed E-state index contributed by atoms with van der Waals surface area (Å²) < 4.78 is 0. The first-order valence-corrected chi connectivity index (χ1v) is 4.07. The van der Waals surface area contributed by atoms with Crippen LogP contribution in [-0.2, 0) is 0 Å². The predicted molar refractivity (Wildman–Crippen MR) is 50.4 cm³/mol. The van der Waals surface area contributed by atoms with Gasteiger partial charge in [-0.2, -0.15) is 5.10 Å². The number of hydrogen-bond donors (Lipinski definition) is 2. The Morgan fingerprint density at radius 2 is 2.23 bits per heavy atom. The molecule has 2 aromatic rings. The van der Waals surface area contributed by atoms with Gasteiger partial charge < -0.3 is 5.11 Å². The number of aromatic nitrogens is 2. The number of nitrogens with one attached hydrogen (secondary N) is 1. The highest BCUT2D eigenvalue weighted by molar-refractivity contribution is 5.63. The van der Waals surface area contributed by atoms with E-state index in [-0.39, 0.29) is 5.75 Å². The van der Waals surface area contributed by atoms with E-state index in [1.807, 2.05) is 19.1 Å². The van der Waals surface area contributed by atoms with Crippen molar-refractivity contribution in [3.8, 4) is 17.0 Å². The molecule has 2 N–H and O–H groups in total. The van der Waals surface area contributed by atoms with E-state index in [2.05, 4.69) is 10.2 Å². The van der Waals surface area contributed by atoms with Gasteiger partial charge in [0.15, 0.2) is 0 Å². The fraction of sp³-hybridized carbons (Fsp3) is 0.100. The van der Waals surface area contributed by atoms with Crippen molar-refractivity contribution >= 4 is 0 Å². The second-order valence-corrected chi connectivity index (χ2v) is 2.98. The number of nitrogens with zero attached hydrogens (tertiary/aromatic N) is 1. The van der Waals surface area contributed by atoms with Crippen LogP contribution in [-0.4, -0.2) is 15.3 Å². The molecule has 0 aliphatic carbocycles. The highest BCUT2D eigenvalue weighted by Crippen LogP contribution is 2.23. The molecule has 0 atom stereocenters. The molecule has 0 aliphatic rings. The first kappa shape index (κ1) is 7.86. The minimum absolute atomic E-state index is 0.270. The van der Waals surface area contributed by atoms with Gasteiger partial charge in [0, 0.05) is 5.56 Å². The van der Waals surface area contributed by atoms with Crippen molar-refractivity contribution in [2.24, 2.45) is 0 Å². The Morgan fingerprint density at radius 3 is 2.85 bits per heavy atom. The molecule has 0 aliphatic heterocycles. The van der Waals surface area contributed by atoms with Gasteiger partial charge in [-0.3, -0.25) is 5.10 Å². The molecule has 13 heavy (non-hydrogen) atoms. The first-order chi connectivity index (χ1) is 6.27. The molecule has 3 nitrogen and oxygen atoms in total. The van der Waals surface area contributed by atoms with Crippen LogP contribution in [0.4, 0.5) is 0 Å². The molecule has 0 unspecified atom stereocenters. The second-order valence-electron chi connectivity index (χ2n) is 2.98. The monoisotopic (exact) mass is 174 g/mol. The number of hydrogen-bond acceptors (Lipinski definition) is 2. The van der Waals surface area contributed by atoms with Crippen LogP contribution in [0.1, 0.15) is 5.56 Å². The van der Waals surface area contributed by atoms with Crippen molar-refractivity contribution in [2.75, 3.05) is 0 Å². The van der Waals surface area contributed by atoms with Crippen LogP contribution in [0.2, 0.25) is 0 Å². The smallest absolute Gasteiger partial charge is 0.116 e. The number of phenolic OH excluding ortho intramolecular Hbond substituents is 1. The Bertz CT molecular complexity index is 420. The summed E-state index contributed by atoms with van der Waals surface area (Å²) in [6.45, 7) is 1.98. The predicted octanol–water partition coefficient (Wildman–Crippen LogP) is 2.09. The van der Waals surface area contributed by atoms with E-state index in [1.165, 1.54) is 0 Å². The van der Waals surface area contributed by atoms with Gasteiger partial charge in [0.1, 0.15) is 5.75 Å². The van der Waals surface area contributed by atoms with Gasteiger partial charge in [-0.25, -0.2) is 0 Å². The third-order valence-corrected chi connectivity index (χ3v) is 1.96. The van der Waals surface area contributed by atoms with E-state index in [1.54, 1.807) is 18.3 Å². The maximum Gasteiger partial charge on any atom is 0.116 e. The lowest BCUT2D eigenvalue weighted by molar-refractivity contribution is 0.475. The van der Waals surface area contributed by atoms with E-state index in [0.717, 1.165) is 16.8 Å². The highest BCUT2D eigenvalue weighted by Gasteiger charge is 2.03. The topological polar surface area (TPSA) is 48.9 Å². The van der Waals surface area contributed by atoms with Crippen molar-refractivity contribution in [1.82, 2.24) is 10.2 Å². The van der Waals surface area contributed by atoms with Gasteiger partial charge in [-0.15, -0.1) is 0 Å². The molecule has 0 spiro atoms. The number of aryl methyl sites for hydroxylation is 1. The molecule has 2 rings (SSSR count). The SMILES string of the molecule is Cc1cn[nH]c1-c1cccc(O)c1. The summed E-state index contributed by atoms with van der Waals surface area (Å²) >= 11 is 0. The lowest BCUT2D eigenvalue weighted by Crippen LogP contribution is -1.79. The van der Waals surface area contributed by atoms with Crippen LogP contribution in [0.3, 0.4) is 0 Å². The molecule has 0 fully saturated rings. The summed E-state index contributed by atoms with van der Waals surface area (Å²) in [6, 6.07) is 7.10. The minimum atomic E-state index is 0.270. The zero-order valence-corrected chi connectivity index (χ0v) is 7.28. The molecule has 0 amide bonds. The van der Waals surface area contributed by atoms with Crippen LogP contribution in [0.15, 0.2) is 30.5 Å². The van der Waals surface area contributed by atoms with Crippen LogP contribution >= 0.6 is 0 Å². The summed E-state index contributed by atoms with van der Waals surface area (Å²) in [6.07, 6.45) is 1.76. The van der Waals surface area contributed by atoms with Crippen LogP contribution in [0.25, 0.3) is 11.3 Å². The lowest BCUT2D eigenvalue weighted by atomic mass is 10.1. The summed E-state index contributed by atoms with van der Waals surface area (Å²) in [7, 11) is 0. The van der Waals surface area contributed by atoms with Gasteiger partial charge in [0.25, 0.3) is 0 Å². The van der Waals surface area contributed by atoms with Crippen molar-refractivity contribution in [3.05, 3.63) is 36.0 Å². The Hall–Kier alpha value is -1.77. The quantitative estimate of drug-likeness (QED) is 0.695.